The fourth-order valence-electron chi connectivity index (χ4n) is 3.19. The molecule has 1 aromatic carbocycles. The second-order valence-corrected chi connectivity index (χ2v) is 6.91. The summed E-state index contributed by atoms with van der Waals surface area (Å²) in [6.07, 6.45) is 2.38. The lowest BCUT2D eigenvalue weighted by atomic mass is 9.73. The maximum absolute atomic E-state index is 12.9. The number of carboxylic acids is 1. The van der Waals surface area contributed by atoms with Crippen LogP contribution in [0.5, 0.6) is 0 Å². The molecule has 2 N–H and O–H groups in total. The molecule has 0 unspecified atom stereocenters. The lowest BCUT2D eigenvalue weighted by Crippen LogP contribution is -2.49. The third-order valence-electron chi connectivity index (χ3n) is 5.05. The van der Waals surface area contributed by atoms with Gasteiger partial charge < -0.3 is 15.2 Å². The zero-order valence-corrected chi connectivity index (χ0v) is 13.6. The van der Waals surface area contributed by atoms with Gasteiger partial charge in [-0.3, -0.25) is 9.59 Å². The summed E-state index contributed by atoms with van der Waals surface area (Å²) in [6, 6.07) is 7.33. The van der Waals surface area contributed by atoms with Crippen molar-refractivity contribution in [1.29, 1.82) is 0 Å². The third kappa shape index (κ3) is 3.08. The van der Waals surface area contributed by atoms with Crippen LogP contribution < -0.4 is 5.32 Å². The molecule has 2 fully saturated rings. The number of carbonyl (C=O) groups excluding carboxylic acids is 1. The molecule has 1 heterocycles. The average Bonchev–Trinajstić information content (AvgIpc) is 3.34. The van der Waals surface area contributed by atoms with Gasteiger partial charge in [-0.05, 0) is 43.4 Å². The minimum Gasteiger partial charge on any atom is -0.481 e. The van der Waals surface area contributed by atoms with Gasteiger partial charge in [-0.15, -0.1) is 0 Å². The van der Waals surface area contributed by atoms with Gasteiger partial charge in [-0.1, -0.05) is 23.7 Å². The summed E-state index contributed by atoms with van der Waals surface area (Å²) in [6.45, 7) is 1.19. The number of amides is 1. The van der Waals surface area contributed by atoms with E-state index in [2.05, 4.69) is 5.32 Å². The molecule has 0 atom stereocenters. The van der Waals surface area contributed by atoms with Crippen molar-refractivity contribution < 1.29 is 19.4 Å². The zero-order chi connectivity index (χ0) is 16.5. The summed E-state index contributed by atoms with van der Waals surface area (Å²) in [7, 11) is 0. The smallest absolute Gasteiger partial charge is 0.311 e. The molecule has 0 spiro atoms. The van der Waals surface area contributed by atoms with Crippen LogP contribution in [0.2, 0.25) is 5.02 Å². The molecule has 0 radical (unpaired) electrons. The SMILES string of the molecule is O=C(O)C1(CNC(=O)C2(c3cccc(Cl)c3)CCOCC2)CC1. The highest BCUT2D eigenvalue weighted by molar-refractivity contribution is 6.30. The first-order valence-electron chi connectivity index (χ1n) is 7.84. The van der Waals surface area contributed by atoms with Crippen LogP contribution in [0.4, 0.5) is 0 Å². The molecule has 1 amide bonds. The Morgan fingerprint density at radius 1 is 1.22 bits per heavy atom. The molecular formula is C17H20ClNO4. The van der Waals surface area contributed by atoms with Crippen molar-refractivity contribution >= 4 is 23.5 Å². The molecule has 3 rings (SSSR count). The highest BCUT2D eigenvalue weighted by Crippen LogP contribution is 2.45. The van der Waals surface area contributed by atoms with Gasteiger partial charge in [0.25, 0.3) is 0 Å². The van der Waals surface area contributed by atoms with Gasteiger partial charge in [0.2, 0.25) is 5.91 Å². The van der Waals surface area contributed by atoms with Crippen LogP contribution in [-0.2, 0) is 19.7 Å². The standard InChI is InChI=1S/C17H20ClNO4/c18-13-3-1-2-12(10-13)17(6-8-23-9-7-17)14(20)19-11-16(4-5-16)15(21)22/h1-3,10H,4-9,11H2,(H,19,20)(H,21,22). The van der Waals surface area contributed by atoms with E-state index in [1.807, 2.05) is 18.2 Å². The van der Waals surface area contributed by atoms with Gasteiger partial charge in [0.05, 0.1) is 10.8 Å². The van der Waals surface area contributed by atoms with Gasteiger partial charge in [-0.2, -0.15) is 0 Å². The molecule has 6 heteroatoms. The normalized spacial score (nSPS) is 21.4. The van der Waals surface area contributed by atoms with E-state index in [0.717, 1.165) is 5.56 Å². The largest absolute Gasteiger partial charge is 0.481 e. The molecule has 0 bridgehead atoms. The Morgan fingerprint density at radius 3 is 2.48 bits per heavy atom. The Morgan fingerprint density at radius 2 is 1.91 bits per heavy atom. The van der Waals surface area contributed by atoms with Crippen LogP contribution in [0.15, 0.2) is 24.3 Å². The fraction of sp³-hybridized carbons (Fsp3) is 0.529. The lowest BCUT2D eigenvalue weighted by molar-refractivity contribution is -0.143. The predicted molar refractivity (Wildman–Crippen MR) is 85.5 cm³/mol. The van der Waals surface area contributed by atoms with Crippen molar-refractivity contribution in [2.24, 2.45) is 5.41 Å². The molecule has 1 aliphatic carbocycles. The van der Waals surface area contributed by atoms with Crippen molar-refractivity contribution in [2.75, 3.05) is 19.8 Å². The van der Waals surface area contributed by atoms with Crippen molar-refractivity contribution in [1.82, 2.24) is 5.32 Å². The first-order chi connectivity index (χ1) is 11.0. The van der Waals surface area contributed by atoms with Crippen LogP contribution in [0, 0.1) is 5.41 Å². The van der Waals surface area contributed by atoms with Crippen LogP contribution >= 0.6 is 11.6 Å². The van der Waals surface area contributed by atoms with E-state index in [4.69, 9.17) is 16.3 Å². The van der Waals surface area contributed by atoms with Gasteiger partial charge in [0, 0.05) is 24.8 Å². The number of hydrogen-bond acceptors (Lipinski definition) is 3. The molecule has 23 heavy (non-hydrogen) atoms. The molecule has 1 aromatic rings. The average molecular weight is 338 g/mol. The number of rotatable bonds is 5. The van der Waals surface area contributed by atoms with Gasteiger partial charge >= 0.3 is 5.97 Å². The highest BCUT2D eigenvalue weighted by atomic mass is 35.5. The van der Waals surface area contributed by atoms with Crippen LogP contribution in [0.1, 0.15) is 31.2 Å². The van der Waals surface area contributed by atoms with Crippen molar-refractivity contribution in [3.8, 4) is 0 Å². The quantitative estimate of drug-likeness (QED) is 0.865. The molecular weight excluding hydrogens is 318 g/mol. The first-order valence-corrected chi connectivity index (χ1v) is 8.22. The van der Waals surface area contributed by atoms with E-state index in [1.54, 1.807) is 6.07 Å². The summed E-state index contributed by atoms with van der Waals surface area (Å²) >= 11 is 6.09. The summed E-state index contributed by atoms with van der Waals surface area (Å²) in [5.41, 5.74) is -0.598. The zero-order valence-electron chi connectivity index (χ0n) is 12.8. The number of halogens is 1. The fourth-order valence-corrected chi connectivity index (χ4v) is 3.38. The molecule has 1 aliphatic heterocycles. The van der Waals surface area contributed by atoms with Crippen LogP contribution in [0.3, 0.4) is 0 Å². The second kappa shape index (κ2) is 6.13. The molecule has 5 nitrogen and oxygen atoms in total. The number of aliphatic carboxylic acids is 1. The van der Waals surface area contributed by atoms with Crippen LogP contribution in [-0.4, -0.2) is 36.7 Å². The van der Waals surface area contributed by atoms with E-state index < -0.39 is 16.8 Å². The van der Waals surface area contributed by atoms with E-state index in [-0.39, 0.29) is 12.5 Å². The minimum atomic E-state index is -0.832. The Balaban J connectivity index is 1.81. The predicted octanol–water partition coefficient (Wildman–Crippen LogP) is 2.37. The number of ether oxygens (including phenoxy) is 1. The van der Waals surface area contributed by atoms with Gasteiger partial charge in [0.15, 0.2) is 0 Å². The molecule has 2 aliphatic rings. The maximum Gasteiger partial charge on any atom is 0.311 e. The van der Waals surface area contributed by atoms with Crippen molar-refractivity contribution in [3.63, 3.8) is 0 Å². The van der Waals surface area contributed by atoms with E-state index in [1.165, 1.54) is 0 Å². The highest BCUT2D eigenvalue weighted by Gasteiger charge is 2.51. The molecule has 1 saturated carbocycles. The topological polar surface area (TPSA) is 75.6 Å². The summed E-state index contributed by atoms with van der Waals surface area (Å²) in [4.78, 5) is 24.2. The number of benzene rings is 1. The van der Waals surface area contributed by atoms with Crippen molar-refractivity contribution in [3.05, 3.63) is 34.9 Å². The number of hydrogen-bond donors (Lipinski definition) is 2. The Kier molecular flexibility index (Phi) is 4.34. The number of carboxylic acid groups (broad SMARTS) is 1. The number of nitrogens with one attached hydrogen (secondary N) is 1. The first kappa shape index (κ1) is 16.3. The monoisotopic (exact) mass is 337 g/mol. The third-order valence-corrected chi connectivity index (χ3v) is 5.29. The Labute approximate surface area is 140 Å². The molecule has 0 aromatic heterocycles. The van der Waals surface area contributed by atoms with E-state index >= 15 is 0 Å². The Hall–Kier alpha value is -1.59. The van der Waals surface area contributed by atoms with E-state index in [9.17, 15) is 14.7 Å². The number of carbonyl (C=O) groups is 2. The lowest BCUT2D eigenvalue weighted by Gasteiger charge is -2.36. The summed E-state index contributed by atoms with van der Waals surface area (Å²) < 4.78 is 5.42. The molecule has 124 valence electrons. The molecule has 1 saturated heterocycles. The maximum atomic E-state index is 12.9. The van der Waals surface area contributed by atoms with E-state index in [0.29, 0.717) is 43.9 Å². The second-order valence-electron chi connectivity index (χ2n) is 6.47. The minimum absolute atomic E-state index is 0.129. The van der Waals surface area contributed by atoms with Crippen molar-refractivity contribution in [2.45, 2.75) is 31.1 Å². The summed E-state index contributed by atoms with van der Waals surface area (Å²) in [5.74, 6) is -0.961. The van der Waals surface area contributed by atoms with Gasteiger partial charge in [-0.25, -0.2) is 0 Å². The summed E-state index contributed by atoms with van der Waals surface area (Å²) in [5, 5.41) is 12.7. The van der Waals surface area contributed by atoms with Gasteiger partial charge in [0.1, 0.15) is 0 Å². The Bertz CT molecular complexity index is 621. The van der Waals surface area contributed by atoms with Crippen LogP contribution in [0.25, 0.3) is 0 Å².